The molecule has 3 aromatic rings. The zero-order chi connectivity index (χ0) is 21.3. The summed E-state index contributed by atoms with van der Waals surface area (Å²) in [6.45, 7) is 3.40. The molecule has 0 saturated carbocycles. The van der Waals surface area contributed by atoms with Crippen molar-refractivity contribution in [2.24, 2.45) is 13.0 Å². The van der Waals surface area contributed by atoms with Crippen LogP contribution in [-0.4, -0.2) is 40.6 Å². The fraction of sp³-hybridized carbons (Fsp3) is 0.435. The van der Waals surface area contributed by atoms with E-state index in [0.717, 1.165) is 50.1 Å². The van der Waals surface area contributed by atoms with Gasteiger partial charge in [-0.3, -0.25) is 9.59 Å². The van der Waals surface area contributed by atoms with Crippen molar-refractivity contribution in [3.8, 4) is 5.75 Å². The number of likely N-dealkylation sites (tertiary alicyclic amines) is 1. The van der Waals surface area contributed by atoms with E-state index >= 15 is 0 Å². The van der Waals surface area contributed by atoms with Crippen LogP contribution >= 0.6 is 11.3 Å². The molecule has 0 unspecified atom stereocenters. The molecule has 1 fully saturated rings. The highest BCUT2D eigenvalue weighted by molar-refractivity contribution is 7.20. The number of aryl methyl sites for hydroxylation is 3. The predicted molar refractivity (Wildman–Crippen MR) is 120 cm³/mol. The topological polar surface area (TPSA) is 64.4 Å². The van der Waals surface area contributed by atoms with Crippen molar-refractivity contribution < 1.29 is 9.53 Å². The van der Waals surface area contributed by atoms with Crippen LogP contribution < -0.4 is 10.3 Å². The van der Waals surface area contributed by atoms with Gasteiger partial charge in [0, 0.05) is 20.1 Å². The van der Waals surface area contributed by atoms with Gasteiger partial charge in [-0.25, -0.2) is 4.98 Å². The summed E-state index contributed by atoms with van der Waals surface area (Å²) < 4.78 is 6.68. The van der Waals surface area contributed by atoms with Gasteiger partial charge in [0.15, 0.2) is 0 Å². The summed E-state index contributed by atoms with van der Waals surface area (Å²) in [7, 11) is 3.37. The number of methoxy groups -OCH3 is 1. The van der Waals surface area contributed by atoms with Gasteiger partial charge in [0.1, 0.15) is 10.6 Å². The van der Waals surface area contributed by atoms with Gasteiger partial charge in [0.05, 0.1) is 23.7 Å². The average molecular weight is 426 g/mol. The van der Waals surface area contributed by atoms with E-state index in [1.807, 2.05) is 24.0 Å². The number of hydrogen-bond acceptors (Lipinski definition) is 5. The summed E-state index contributed by atoms with van der Waals surface area (Å²) in [5.74, 6) is 1.55. The quantitative estimate of drug-likeness (QED) is 0.624. The molecule has 158 valence electrons. The average Bonchev–Trinajstić information content (AvgIpc) is 3.12. The number of nitrogens with zero attached hydrogens (tertiary/aromatic N) is 3. The molecule has 1 aliphatic heterocycles. The number of benzene rings is 1. The lowest BCUT2D eigenvalue weighted by Crippen LogP contribution is -2.38. The van der Waals surface area contributed by atoms with Crippen molar-refractivity contribution in [3.63, 3.8) is 0 Å². The van der Waals surface area contributed by atoms with E-state index in [4.69, 9.17) is 4.74 Å². The molecule has 0 radical (unpaired) electrons. The molecule has 1 aliphatic rings. The maximum atomic E-state index is 13.1. The van der Waals surface area contributed by atoms with Crippen molar-refractivity contribution in [2.45, 2.75) is 32.6 Å². The fourth-order valence-electron chi connectivity index (χ4n) is 4.14. The van der Waals surface area contributed by atoms with Crippen LogP contribution in [0.3, 0.4) is 0 Å². The molecule has 2 aromatic heterocycles. The molecule has 0 spiro atoms. The lowest BCUT2D eigenvalue weighted by molar-refractivity contribution is 0.0691. The van der Waals surface area contributed by atoms with E-state index in [1.165, 1.54) is 27.8 Å². The smallest absolute Gasteiger partial charge is 0.264 e. The van der Waals surface area contributed by atoms with Gasteiger partial charge in [-0.05, 0) is 61.8 Å². The van der Waals surface area contributed by atoms with E-state index in [1.54, 1.807) is 14.2 Å². The molecular formula is C23H27N3O3S. The Kier molecular flexibility index (Phi) is 5.90. The number of fused-ring (bicyclic) bond motifs is 1. The van der Waals surface area contributed by atoms with Crippen LogP contribution in [-0.2, 0) is 13.5 Å². The Bertz CT molecular complexity index is 1110. The zero-order valence-corrected chi connectivity index (χ0v) is 18.5. The minimum atomic E-state index is -0.0926. The molecule has 0 N–H and O–H groups in total. The van der Waals surface area contributed by atoms with Crippen molar-refractivity contribution in [3.05, 3.63) is 57.0 Å². The van der Waals surface area contributed by atoms with Gasteiger partial charge in [-0.15, -0.1) is 11.3 Å². The molecule has 7 heteroatoms. The first-order valence-corrected chi connectivity index (χ1v) is 11.2. The van der Waals surface area contributed by atoms with Crippen LogP contribution in [0.2, 0.25) is 0 Å². The first kappa shape index (κ1) is 20.6. The third kappa shape index (κ3) is 3.99. The third-order valence-corrected chi connectivity index (χ3v) is 7.29. The lowest BCUT2D eigenvalue weighted by Gasteiger charge is -2.32. The van der Waals surface area contributed by atoms with E-state index in [2.05, 4.69) is 17.1 Å². The molecule has 0 atom stereocenters. The first-order valence-electron chi connectivity index (χ1n) is 10.3. The number of ether oxygens (including phenoxy) is 1. The highest BCUT2D eigenvalue weighted by Gasteiger charge is 2.27. The molecule has 6 nitrogen and oxygen atoms in total. The minimum absolute atomic E-state index is 0.0335. The summed E-state index contributed by atoms with van der Waals surface area (Å²) in [6, 6.07) is 8.26. The van der Waals surface area contributed by atoms with Crippen LogP contribution in [0.4, 0.5) is 0 Å². The largest absolute Gasteiger partial charge is 0.497 e. The van der Waals surface area contributed by atoms with E-state index < -0.39 is 0 Å². The Morgan fingerprint density at radius 3 is 2.60 bits per heavy atom. The fourth-order valence-corrected chi connectivity index (χ4v) is 5.25. The van der Waals surface area contributed by atoms with Gasteiger partial charge in [0.25, 0.3) is 11.5 Å². The Morgan fingerprint density at radius 2 is 1.93 bits per heavy atom. The summed E-state index contributed by atoms with van der Waals surface area (Å²) in [6.07, 6.45) is 5.74. The molecule has 0 bridgehead atoms. The first-order chi connectivity index (χ1) is 14.5. The normalized spacial score (nSPS) is 15.0. The van der Waals surface area contributed by atoms with Crippen LogP contribution in [0.1, 0.15) is 40.1 Å². The van der Waals surface area contributed by atoms with Gasteiger partial charge in [-0.2, -0.15) is 0 Å². The van der Waals surface area contributed by atoms with Crippen molar-refractivity contribution in [1.82, 2.24) is 14.5 Å². The standard InChI is InChI=1S/C23H27N3O3S/c1-15-19-21(24-14-25(2)22(19)27)30-20(15)23(28)26-12-10-17(11-13-26)5-4-16-6-8-18(29-3)9-7-16/h6-9,14,17H,4-5,10-13H2,1-3H3. The number of carbonyl (C=O) groups is 1. The van der Waals surface area contributed by atoms with Crippen LogP contribution in [0.25, 0.3) is 10.2 Å². The Labute approximate surface area is 180 Å². The predicted octanol–water partition coefficient (Wildman–Crippen LogP) is 3.80. The number of piperidine rings is 1. The van der Waals surface area contributed by atoms with Crippen molar-refractivity contribution >= 4 is 27.5 Å². The highest BCUT2D eigenvalue weighted by Crippen LogP contribution is 2.30. The van der Waals surface area contributed by atoms with Crippen molar-refractivity contribution in [2.75, 3.05) is 20.2 Å². The highest BCUT2D eigenvalue weighted by atomic mass is 32.1. The Balaban J connectivity index is 1.37. The Hall–Kier alpha value is -2.67. The molecule has 1 saturated heterocycles. The van der Waals surface area contributed by atoms with Crippen LogP contribution in [0, 0.1) is 12.8 Å². The Morgan fingerprint density at radius 1 is 1.23 bits per heavy atom. The lowest BCUT2D eigenvalue weighted by atomic mass is 9.90. The maximum Gasteiger partial charge on any atom is 0.264 e. The number of amides is 1. The van der Waals surface area contributed by atoms with Gasteiger partial charge >= 0.3 is 0 Å². The molecule has 1 amide bonds. The second-order valence-corrected chi connectivity index (χ2v) is 9.02. The van der Waals surface area contributed by atoms with Gasteiger partial charge in [-0.1, -0.05) is 12.1 Å². The number of rotatable bonds is 5. The number of hydrogen-bond donors (Lipinski definition) is 0. The third-order valence-electron chi connectivity index (χ3n) is 6.11. The monoisotopic (exact) mass is 425 g/mol. The van der Waals surface area contributed by atoms with Gasteiger partial charge < -0.3 is 14.2 Å². The summed E-state index contributed by atoms with van der Waals surface area (Å²) >= 11 is 1.33. The second kappa shape index (κ2) is 8.60. The van der Waals surface area contributed by atoms with Crippen LogP contribution in [0.15, 0.2) is 35.4 Å². The zero-order valence-electron chi connectivity index (χ0n) is 17.7. The number of thiophene rings is 1. The van der Waals surface area contributed by atoms with Gasteiger partial charge in [0.2, 0.25) is 0 Å². The summed E-state index contributed by atoms with van der Waals surface area (Å²) in [5, 5.41) is 0.572. The van der Waals surface area contributed by atoms with E-state index in [0.29, 0.717) is 21.0 Å². The van der Waals surface area contributed by atoms with E-state index in [-0.39, 0.29) is 11.5 Å². The molecule has 0 aliphatic carbocycles. The second-order valence-electron chi connectivity index (χ2n) is 8.02. The number of aromatic nitrogens is 2. The molecular weight excluding hydrogens is 398 g/mol. The molecule has 4 rings (SSSR count). The summed E-state index contributed by atoms with van der Waals surface area (Å²) in [4.78, 5) is 33.1. The SMILES string of the molecule is COc1ccc(CCC2CCN(C(=O)c3sc4ncn(C)c(=O)c4c3C)CC2)cc1. The minimum Gasteiger partial charge on any atom is -0.497 e. The maximum absolute atomic E-state index is 13.1. The molecule has 30 heavy (non-hydrogen) atoms. The number of carbonyl (C=O) groups excluding carboxylic acids is 1. The summed E-state index contributed by atoms with van der Waals surface area (Å²) in [5.41, 5.74) is 1.99. The van der Waals surface area contributed by atoms with Crippen molar-refractivity contribution in [1.29, 1.82) is 0 Å². The van der Waals surface area contributed by atoms with E-state index in [9.17, 15) is 9.59 Å². The van der Waals surface area contributed by atoms with Crippen LogP contribution in [0.5, 0.6) is 5.75 Å². The molecule has 3 heterocycles. The molecule has 1 aromatic carbocycles.